The van der Waals surface area contributed by atoms with Gasteiger partial charge in [0.05, 0.1) is 0 Å². The van der Waals surface area contributed by atoms with Crippen LogP contribution in [0.15, 0.2) is 11.6 Å². The Labute approximate surface area is 82.8 Å². The third kappa shape index (κ3) is 1.80. The summed E-state index contributed by atoms with van der Waals surface area (Å²) in [6.45, 7) is 16.1. The van der Waals surface area contributed by atoms with Gasteiger partial charge in [0.25, 0.3) is 0 Å². The van der Waals surface area contributed by atoms with E-state index in [4.69, 9.17) is 0 Å². The number of likely N-dealkylation sites (N-methyl/N-ethyl adjacent to an activating group) is 1. The maximum absolute atomic E-state index is 2.52. The van der Waals surface area contributed by atoms with Crippen LogP contribution in [-0.2, 0) is 0 Å². The fourth-order valence-electron chi connectivity index (χ4n) is 2.60. The van der Waals surface area contributed by atoms with Crippen LogP contribution in [-0.4, -0.2) is 23.5 Å². The minimum absolute atomic E-state index is 0.257. The van der Waals surface area contributed by atoms with Crippen LogP contribution in [0.1, 0.15) is 41.5 Å². The summed E-state index contributed by atoms with van der Waals surface area (Å²) in [4.78, 5) is 2.52. The molecule has 0 bridgehead atoms. The van der Waals surface area contributed by atoms with E-state index in [0.717, 1.165) is 13.1 Å². The predicted molar refractivity (Wildman–Crippen MR) is 58.9 cm³/mol. The van der Waals surface area contributed by atoms with Crippen molar-refractivity contribution in [1.29, 1.82) is 0 Å². The van der Waals surface area contributed by atoms with Crippen LogP contribution < -0.4 is 0 Å². The molecule has 0 unspecified atom stereocenters. The summed E-state index contributed by atoms with van der Waals surface area (Å²) in [5.41, 5.74) is 2.15. The molecule has 0 aliphatic carbocycles. The molecule has 76 valence electrons. The molecule has 13 heavy (non-hydrogen) atoms. The lowest BCUT2D eigenvalue weighted by molar-refractivity contribution is 0.181. The Balaban J connectivity index is 2.92. The van der Waals surface area contributed by atoms with Crippen molar-refractivity contribution >= 4 is 0 Å². The lowest BCUT2D eigenvalue weighted by atomic mass is 9.77. The fourth-order valence-corrected chi connectivity index (χ4v) is 2.60. The van der Waals surface area contributed by atoms with E-state index in [9.17, 15) is 0 Å². The molecule has 0 N–H and O–H groups in total. The van der Waals surface area contributed by atoms with Gasteiger partial charge < -0.3 is 0 Å². The van der Waals surface area contributed by atoms with Crippen molar-refractivity contribution in [3.8, 4) is 0 Å². The van der Waals surface area contributed by atoms with Crippen LogP contribution in [0.4, 0.5) is 0 Å². The third-order valence-electron chi connectivity index (χ3n) is 3.16. The number of rotatable bonds is 1. The zero-order chi connectivity index (χ0) is 10.3. The first-order valence-corrected chi connectivity index (χ1v) is 5.26. The molecular weight excluding hydrogens is 158 g/mol. The van der Waals surface area contributed by atoms with E-state index in [1.54, 1.807) is 5.57 Å². The average Bonchev–Trinajstić information content (AvgIpc) is 2.22. The molecular formula is C12H23N. The van der Waals surface area contributed by atoms with E-state index in [0.29, 0.717) is 5.41 Å². The highest BCUT2D eigenvalue weighted by Gasteiger charge is 2.39. The molecule has 1 nitrogen and oxygen atoms in total. The summed E-state index contributed by atoms with van der Waals surface area (Å²) < 4.78 is 0. The molecule has 0 aromatic carbocycles. The Kier molecular flexibility index (Phi) is 2.59. The number of hydrogen-bond donors (Lipinski definition) is 0. The van der Waals surface area contributed by atoms with Gasteiger partial charge in [-0.1, -0.05) is 33.8 Å². The Bertz CT molecular complexity index is 218. The van der Waals surface area contributed by atoms with Gasteiger partial charge in [0.1, 0.15) is 0 Å². The molecule has 0 amide bonds. The molecule has 1 aliphatic heterocycles. The highest BCUT2D eigenvalue weighted by atomic mass is 15.2. The van der Waals surface area contributed by atoms with E-state index in [1.807, 2.05) is 0 Å². The molecule has 0 radical (unpaired) electrons. The lowest BCUT2D eigenvalue weighted by Gasteiger charge is -2.39. The molecule has 0 fully saturated rings. The van der Waals surface area contributed by atoms with Crippen LogP contribution in [0.3, 0.4) is 0 Å². The van der Waals surface area contributed by atoms with Gasteiger partial charge >= 0.3 is 0 Å². The van der Waals surface area contributed by atoms with Gasteiger partial charge in [-0.2, -0.15) is 0 Å². The van der Waals surface area contributed by atoms with E-state index >= 15 is 0 Å². The zero-order valence-electron chi connectivity index (χ0n) is 9.94. The molecule has 0 aromatic heterocycles. The molecule has 0 saturated heterocycles. The molecule has 0 atom stereocenters. The van der Waals surface area contributed by atoms with Gasteiger partial charge in [0.2, 0.25) is 0 Å². The van der Waals surface area contributed by atoms with Crippen molar-refractivity contribution in [3.63, 3.8) is 0 Å². The van der Waals surface area contributed by atoms with Crippen LogP contribution in [0, 0.1) is 5.41 Å². The third-order valence-corrected chi connectivity index (χ3v) is 3.16. The first-order valence-electron chi connectivity index (χ1n) is 5.26. The van der Waals surface area contributed by atoms with Crippen LogP contribution in [0.5, 0.6) is 0 Å². The Morgan fingerprint density at radius 1 is 1.38 bits per heavy atom. The van der Waals surface area contributed by atoms with Crippen molar-refractivity contribution in [1.82, 2.24) is 4.90 Å². The first kappa shape index (κ1) is 10.8. The maximum atomic E-state index is 2.52. The van der Waals surface area contributed by atoms with Crippen molar-refractivity contribution in [2.24, 2.45) is 5.41 Å². The van der Waals surface area contributed by atoms with Crippen LogP contribution >= 0.6 is 0 Å². The van der Waals surface area contributed by atoms with E-state index in [1.165, 1.54) is 0 Å². The smallest absolute Gasteiger partial charge is 0.0372 e. The van der Waals surface area contributed by atoms with Gasteiger partial charge in [-0.05, 0) is 31.4 Å². The largest absolute Gasteiger partial charge is 0.291 e. The van der Waals surface area contributed by atoms with Crippen molar-refractivity contribution in [3.05, 3.63) is 11.6 Å². The quantitative estimate of drug-likeness (QED) is 0.562. The Morgan fingerprint density at radius 2 is 1.92 bits per heavy atom. The van der Waals surface area contributed by atoms with E-state index < -0.39 is 0 Å². The Hall–Kier alpha value is -0.300. The second-order valence-electron chi connectivity index (χ2n) is 5.47. The SMILES string of the molecule is CCN1CC=C(C(C)(C)C)C1(C)C. The van der Waals surface area contributed by atoms with E-state index in [-0.39, 0.29) is 5.54 Å². The summed E-state index contributed by atoms with van der Waals surface area (Å²) in [6, 6.07) is 0. The van der Waals surface area contributed by atoms with Crippen molar-refractivity contribution in [2.75, 3.05) is 13.1 Å². The van der Waals surface area contributed by atoms with Crippen molar-refractivity contribution < 1.29 is 0 Å². The molecule has 1 heterocycles. The maximum Gasteiger partial charge on any atom is 0.0372 e. The monoisotopic (exact) mass is 181 g/mol. The highest BCUT2D eigenvalue weighted by molar-refractivity contribution is 5.29. The van der Waals surface area contributed by atoms with Gasteiger partial charge in [-0.15, -0.1) is 0 Å². The molecule has 1 heteroatoms. The normalized spacial score (nSPS) is 23.4. The van der Waals surface area contributed by atoms with Crippen molar-refractivity contribution in [2.45, 2.75) is 47.1 Å². The molecule has 1 aliphatic rings. The second-order valence-corrected chi connectivity index (χ2v) is 5.47. The first-order chi connectivity index (χ1) is 5.80. The van der Waals surface area contributed by atoms with E-state index in [2.05, 4.69) is 52.5 Å². The van der Waals surface area contributed by atoms with Gasteiger partial charge in [-0.3, -0.25) is 4.90 Å². The number of nitrogens with zero attached hydrogens (tertiary/aromatic N) is 1. The zero-order valence-corrected chi connectivity index (χ0v) is 9.94. The standard InChI is InChI=1S/C12H23N/c1-7-13-9-8-10(11(2,3)4)12(13,5)6/h8H,7,9H2,1-6H3. The summed E-state index contributed by atoms with van der Waals surface area (Å²) >= 11 is 0. The molecule has 0 spiro atoms. The predicted octanol–water partition coefficient (Wildman–Crippen LogP) is 3.07. The van der Waals surface area contributed by atoms with Crippen LogP contribution in [0.25, 0.3) is 0 Å². The lowest BCUT2D eigenvalue weighted by Crippen LogP contribution is -2.43. The summed E-state index contributed by atoms with van der Waals surface area (Å²) in [6.07, 6.45) is 2.41. The fraction of sp³-hybridized carbons (Fsp3) is 0.833. The minimum atomic E-state index is 0.257. The van der Waals surface area contributed by atoms with Gasteiger partial charge in [0.15, 0.2) is 0 Å². The molecule has 0 saturated carbocycles. The number of hydrogen-bond acceptors (Lipinski definition) is 1. The average molecular weight is 181 g/mol. The minimum Gasteiger partial charge on any atom is -0.291 e. The molecule has 0 aromatic rings. The summed E-state index contributed by atoms with van der Waals surface area (Å²) in [5.74, 6) is 0. The summed E-state index contributed by atoms with van der Waals surface area (Å²) in [7, 11) is 0. The van der Waals surface area contributed by atoms with Gasteiger partial charge in [-0.25, -0.2) is 0 Å². The summed E-state index contributed by atoms with van der Waals surface area (Å²) in [5, 5.41) is 0. The Morgan fingerprint density at radius 3 is 2.15 bits per heavy atom. The highest BCUT2D eigenvalue weighted by Crippen LogP contribution is 2.40. The topological polar surface area (TPSA) is 3.24 Å². The molecule has 1 rings (SSSR count). The van der Waals surface area contributed by atoms with Gasteiger partial charge in [0, 0.05) is 12.1 Å². The van der Waals surface area contributed by atoms with Crippen LogP contribution in [0.2, 0.25) is 0 Å². The second kappa shape index (κ2) is 3.13.